The molecule has 16 heavy (non-hydrogen) atoms. The van der Waals surface area contributed by atoms with Crippen LogP contribution in [0.4, 0.5) is 0 Å². The zero-order chi connectivity index (χ0) is 11.4. The lowest BCUT2D eigenvalue weighted by molar-refractivity contribution is -0.0835. The van der Waals surface area contributed by atoms with E-state index in [0.717, 1.165) is 12.5 Å². The van der Waals surface area contributed by atoms with Gasteiger partial charge < -0.3 is 10.1 Å². The summed E-state index contributed by atoms with van der Waals surface area (Å²) in [4.78, 5) is 0. The summed E-state index contributed by atoms with van der Waals surface area (Å²) in [6, 6.07) is 0.714. The Morgan fingerprint density at radius 3 is 2.75 bits per heavy atom. The zero-order valence-corrected chi connectivity index (χ0v) is 10.9. The molecule has 0 radical (unpaired) electrons. The van der Waals surface area contributed by atoms with Crippen molar-refractivity contribution in [2.75, 3.05) is 13.2 Å². The number of rotatable bonds is 4. The largest absolute Gasteiger partial charge is 0.375 e. The van der Waals surface area contributed by atoms with E-state index in [-0.39, 0.29) is 5.60 Å². The van der Waals surface area contributed by atoms with Gasteiger partial charge in [-0.1, -0.05) is 26.7 Å². The average Bonchev–Trinajstić information content (AvgIpc) is 2.66. The lowest BCUT2D eigenvalue weighted by Gasteiger charge is -2.38. The highest BCUT2D eigenvalue weighted by molar-refractivity contribution is 4.93. The second-order valence-electron chi connectivity index (χ2n) is 6.06. The summed E-state index contributed by atoms with van der Waals surface area (Å²) in [6.45, 7) is 6.74. The van der Waals surface area contributed by atoms with E-state index >= 15 is 0 Å². The smallest absolute Gasteiger partial charge is 0.0697 e. The summed E-state index contributed by atoms with van der Waals surface area (Å²) >= 11 is 0. The van der Waals surface area contributed by atoms with Gasteiger partial charge in [-0.15, -0.1) is 0 Å². The van der Waals surface area contributed by atoms with Crippen molar-refractivity contribution in [3.05, 3.63) is 0 Å². The van der Waals surface area contributed by atoms with Gasteiger partial charge in [-0.2, -0.15) is 0 Å². The quantitative estimate of drug-likeness (QED) is 0.794. The second-order valence-corrected chi connectivity index (χ2v) is 6.06. The van der Waals surface area contributed by atoms with Gasteiger partial charge in [-0.05, 0) is 44.6 Å². The molecule has 1 unspecified atom stereocenters. The molecule has 1 saturated carbocycles. The van der Waals surface area contributed by atoms with Gasteiger partial charge in [-0.25, -0.2) is 0 Å². The molecular weight excluding hydrogens is 198 g/mol. The maximum absolute atomic E-state index is 6.04. The summed E-state index contributed by atoms with van der Waals surface area (Å²) in [5.74, 6) is 0.813. The third-order valence-electron chi connectivity index (χ3n) is 4.16. The van der Waals surface area contributed by atoms with E-state index in [1.165, 1.54) is 51.5 Å². The predicted octanol–water partition coefficient (Wildman–Crippen LogP) is 3.11. The minimum Gasteiger partial charge on any atom is -0.375 e. The molecule has 1 aliphatic heterocycles. The van der Waals surface area contributed by atoms with E-state index in [1.54, 1.807) is 0 Å². The van der Waals surface area contributed by atoms with Crippen LogP contribution >= 0.6 is 0 Å². The normalized spacial score (nSPS) is 29.1. The fourth-order valence-electron chi connectivity index (χ4n) is 3.15. The summed E-state index contributed by atoms with van der Waals surface area (Å²) in [7, 11) is 0. The molecule has 1 saturated heterocycles. The molecule has 1 aliphatic carbocycles. The molecule has 0 aromatic carbocycles. The van der Waals surface area contributed by atoms with Gasteiger partial charge in [0.05, 0.1) is 5.60 Å². The van der Waals surface area contributed by atoms with Crippen molar-refractivity contribution in [2.24, 2.45) is 5.92 Å². The third kappa shape index (κ3) is 3.21. The van der Waals surface area contributed by atoms with E-state index in [9.17, 15) is 0 Å². The molecule has 1 atom stereocenters. The summed E-state index contributed by atoms with van der Waals surface area (Å²) in [5.41, 5.74) is 0.272. The van der Waals surface area contributed by atoms with Crippen LogP contribution in [-0.4, -0.2) is 24.8 Å². The summed E-state index contributed by atoms with van der Waals surface area (Å²) in [5, 5.41) is 3.72. The minimum atomic E-state index is 0.272. The SMILES string of the molecule is CC(C)CCNC1CCOC2(CCCC2)C1. The van der Waals surface area contributed by atoms with Crippen LogP contribution in [0.3, 0.4) is 0 Å². The Labute approximate surface area is 100 Å². The Morgan fingerprint density at radius 2 is 2.06 bits per heavy atom. The van der Waals surface area contributed by atoms with Crippen LogP contribution in [0.2, 0.25) is 0 Å². The highest BCUT2D eigenvalue weighted by atomic mass is 16.5. The summed E-state index contributed by atoms with van der Waals surface area (Å²) < 4.78 is 6.04. The molecule has 0 bridgehead atoms. The van der Waals surface area contributed by atoms with Crippen LogP contribution in [-0.2, 0) is 4.74 Å². The van der Waals surface area contributed by atoms with Crippen LogP contribution in [0.15, 0.2) is 0 Å². The molecule has 2 rings (SSSR count). The van der Waals surface area contributed by atoms with E-state index in [1.807, 2.05) is 0 Å². The second kappa shape index (κ2) is 5.50. The van der Waals surface area contributed by atoms with Gasteiger partial charge in [0, 0.05) is 12.6 Å². The first-order valence-electron chi connectivity index (χ1n) is 7.08. The number of hydrogen-bond acceptors (Lipinski definition) is 2. The predicted molar refractivity (Wildman–Crippen MR) is 67.6 cm³/mol. The van der Waals surface area contributed by atoms with E-state index in [2.05, 4.69) is 19.2 Å². The number of ether oxygens (including phenoxy) is 1. The standard InChI is InChI=1S/C14H27NO/c1-12(2)5-9-15-13-6-10-16-14(11-13)7-3-4-8-14/h12-13,15H,3-11H2,1-2H3. The summed E-state index contributed by atoms with van der Waals surface area (Å²) in [6.07, 6.45) is 9.11. The lowest BCUT2D eigenvalue weighted by Crippen LogP contribution is -2.45. The molecule has 2 fully saturated rings. The van der Waals surface area contributed by atoms with Crippen molar-refractivity contribution in [1.82, 2.24) is 5.32 Å². The fourth-order valence-corrected chi connectivity index (χ4v) is 3.15. The molecule has 94 valence electrons. The molecule has 2 heteroatoms. The van der Waals surface area contributed by atoms with Crippen molar-refractivity contribution < 1.29 is 4.74 Å². The van der Waals surface area contributed by atoms with Crippen LogP contribution < -0.4 is 5.32 Å². The first kappa shape index (κ1) is 12.4. The highest BCUT2D eigenvalue weighted by Gasteiger charge is 2.39. The van der Waals surface area contributed by atoms with Crippen LogP contribution in [0.25, 0.3) is 0 Å². The van der Waals surface area contributed by atoms with Gasteiger partial charge in [0.15, 0.2) is 0 Å². The molecule has 0 amide bonds. The molecule has 2 aliphatic rings. The Morgan fingerprint density at radius 1 is 1.31 bits per heavy atom. The molecule has 2 nitrogen and oxygen atoms in total. The molecule has 0 aromatic rings. The molecule has 1 spiro atoms. The Balaban J connectivity index is 1.74. The number of nitrogens with one attached hydrogen (secondary N) is 1. The van der Waals surface area contributed by atoms with Gasteiger partial charge in [0.2, 0.25) is 0 Å². The minimum absolute atomic E-state index is 0.272. The molecule has 1 N–H and O–H groups in total. The van der Waals surface area contributed by atoms with Crippen LogP contribution in [0.1, 0.15) is 58.8 Å². The first-order chi connectivity index (χ1) is 7.70. The first-order valence-corrected chi connectivity index (χ1v) is 7.08. The van der Waals surface area contributed by atoms with E-state index in [0.29, 0.717) is 6.04 Å². The van der Waals surface area contributed by atoms with E-state index in [4.69, 9.17) is 4.74 Å². The van der Waals surface area contributed by atoms with Gasteiger partial charge >= 0.3 is 0 Å². The topological polar surface area (TPSA) is 21.3 Å². The fraction of sp³-hybridized carbons (Fsp3) is 1.00. The Bertz CT molecular complexity index is 209. The Hall–Kier alpha value is -0.0800. The monoisotopic (exact) mass is 225 g/mol. The average molecular weight is 225 g/mol. The van der Waals surface area contributed by atoms with Gasteiger partial charge in [0.25, 0.3) is 0 Å². The lowest BCUT2D eigenvalue weighted by atomic mass is 9.89. The van der Waals surface area contributed by atoms with Crippen LogP contribution in [0.5, 0.6) is 0 Å². The Kier molecular flexibility index (Phi) is 4.26. The third-order valence-corrected chi connectivity index (χ3v) is 4.16. The van der Waals surface area contributed by atoms with Crippen molar-refractivity contribution in [3.63, 3.8) is 0 Å². The van der Waals surface area contributed by atoms with E-state index < -0.39 is 0 Å². The van der Waals surface area contributed by atoms with Gasteiger partial charge in [-0.3, -0.25) is 0 Å². The number of hydrogen-bond donors (Lipinski definition) is 1. The van der Waals surface area contributed by atoms with Gasteiger partial charge in [0.1, 0.15) is 0 Å². The highest BCUT2D eigenvalue weighted by Crippen LogP contribution is 2.39. The van der Waals surface area contributed by atoms with Crippen LogP contribution in [0, 0.1) is 5.92 Å². The molecule has 0 aromatic heterocycles. The maximum atomic E-state index is 6.04. The zero-order valence-electron chi connectivity index (χ0n) is 10.9. The van der Waals surface area contributed by atoms with Crippen molar-refractivity contribution in [1.29, 1.82) is 0 Å². The molecular formula is C14H27NO. The molecule has 1 heterocycles. The van der Waals surface area contributed by atoms with Crippen molar-refractivity contribution in [3.8, 4) is 0 Å². The van der Waals surface area contributed by atoms with Crippen molar-refractivity contribution in [2.45, 2.75) is 70.4 Å². The van der Waals surface area contributed by atoms with Crippen molar-refractivity contribution >= 4 is 0 Å². The maximum Gasteiger partial charge on any atom is 0.0697 e.